The number of hydrogen-bond acceptors (Lipinski definition) is 5. The summed E-state index contributed by atoms with van der Waals surface area (Å²) >= 11 is 0. The molecule has 1 heterocycles. The van der Waals surface area contributed by atoms with Crippen molar-refractivity contribution in [3.8, 4) is 5.75 Å². The highest BCUT2D eigenvalue weighted by atomic mass is 16.7. The normalized spacial score (nSPS) is 17.2. The van der Waals surface area contributed by atoms with Gasteiger partial charge in [-0.15, -0.1) is 0 Å². The summed E-state index contributed by atoms with van der Waals surface area (Å²) in [6.45, 7) is 1.03. The number of rotatable bonds is 5. The van der Waals surface area contributed by atoms with E-state index in [4.69, 9.17) is 9.47 Å². The Labute approximate surface area is 133 Å². The van der Waals surface area contributed by atoms with Crippen LogP contribution in [-0.2, 0) is 16.1 Å². The van der Waals surface area contributed by atoms with Gasteiger partial charge in [0.25, 0.3) is 5.69 Å². The van der Waals surface area contributed by atoms with Crippen LogP contribution in [0.15, 0.2) is 18.2 Å². The van der Waals surface area contributed by atoms with Crippen molar-refractivity contribution in [2.45, 2.75) is 25.9 Å². The van der Waals surface area contributed by atoms with Gasteiger partial charge in [-0.2, -0.15) is 0 Å². The maximum atomic E-state index is 11.9. The van der Waals surface area contributed by atoms with Gasteiger partial charge in [0.05, 0.1) is 11.5 Å². The standard InChI is InChI=1S/C16H18N2O5/c19-15(17-8-11-2-1-3-11)5-4-12-6-14(18(20)21)7-13-9-22-10-23-16(12)13/h4-7,11H,1-3,8-10H2,(H,17,19). The first-order valence-corrected chi connectivity index (χ1v) is 7.61. The van der Waals surface area contributed by atoms with E-state index in [-0.39, 0.29) is 25.0 Å². The molecule has 0 radical (unpaired) electrons. The third-order valence-corrected chi connectivity index (χ3v) is 4.14. The van der Waals surface area contributed by atoms with Gasteiger partial charge in [-0.1, -0.05) is 6.42 Å². The number of fused-ring (bicyclic) bond motifs is 1. The van der Waals surface area contributed by atoms with Crippen LogP contribution in [0.1, 0.15) is 30.4 Å². The monoisotopic (exact) mass is 318 g/mol. The van der Waals surface area contributed by atoms with Crippen LogP contribution in [0.3, 0.4) is 0 Å². The van der Waals surface area contributed by atoms with Crippen molar-refractivity contribution in [2.75, 3.05) is 13.3 Å². The summed E-state index contributed by atoms with van der Waals surface area (Å²) in [5.41, 5.74) is 1.07. The minimum atomic E-state index is -0.469. The van der Waals surface area contributed by atoms with Crippen LogP contribution in [0.25, 0.3) is 6.08 Å². The number of nitro benzene ring substituents is 1. The number of carbonyl (C=O) groups is 1. The third kappa shape index (κ3) is 3.68. The highest BCUT2D eigenvalue weighted by Gasteiger charge is 2.20. The van der Waals surface area contributed by atoms with Crippen molar-refractivity contribution in [2.24, 2.45) is 5.92 Å². The summed E-state index contributed by atoms with van der Waals surface area (Å²) in [5.74, 6) is 0.910. The van der Waals surface area contributed by atoms with Crippen LogP contribution in [0.2, 0.25) is 0 Å². The lowest BCUT2D eigenvalue weighted by Crippen LogP contribution is -2.30. The second-order valence-corrected chi connectivity index (χ2v) is 5.77. The van der Waals surface area contributed by atoms with Crippen LogP contribution < -0.4 is 10.1 Å². The Morgan fingerprint density at radius 1 is 1.43 bits per heavy atom. The van der Waals surface area contributed by atoms with E-state index in [2.05, 4.69) is 5.32 Å². The first-order chi connectivity index (χ1) is 11.1. The molecule has 1 amide bonds. The molecule has 7 nitrogen and oxygen atoms in total. The minimum Gasteiger partial charge on any atom is -0.467 e. The van der Waals surface area contributed by atoms with Gasteiger partial charge in [0.2, 0.25) is 5.91 Å². The second kappa shape index (κ2) is 6.78. The highest BCUT2D eigenvalue weighted by molar-refractivity contribution is 5.92. The predicted octanol–water partition coefficient (Wildman–Crippen LogP) is 2.39. The molecule has 1 aliphatic heterocycles. The quantitative estimate of drug-likeness (QED) is 0.511. The van der Waals surface area contributed by atoms with Crippen LogP contribution in [0.4, 0.5) is 5.69 Å². The van der Waals surface area contributed by atoms with E-state index in [1.807, 2.05) is 0 Å². The Kier molecular flexibility index (Phi) is 4.57. The predicted molar refractivity (Wildman–Crippen MR) is 82.8 cm³/mol. The number of ether oxygens (including phenoxy) is 2. The number of non-ortho nitro benzene ring substituents is 1. The van der Waals surface area contributed by atoms with E-state index >= 15 is 0 Å². The Balaban J connectivity index is 1.74. The molecular weight excluding hydrogens is 300 g/mol. The van der Waals surface area contributed by atoms with Crippen molar-refractivity contribution in [1.29, 1.82) is 0 Å². The molecule has 1 aromatic carbocycles. The highest BCUT2D eigenvalue weighted by Crippen LogP contribution is 2.33. The Bertz CT molecular complexity index is 652. The largest absolute Gasteiger partial charge is 0.467 e. The molecule has 1 aromatic rings. The third-order valence-electron chi connectivity index (χ3n) is 4.14. The van der Waals surface area contributed by atoms with E-state index in [0.29, 0.717) is 29.3 Å². The van der Waals surface area contributed by atoms with Crippen molar-refractivity contribution >= 4 is 17.7 Å². The Hall–Kier alpha value is -2.41. The van der Waals surface area contributed by atoms with E-state index in [0.717, 1.165) is 12.8 Å². The van der Waals surface area contributed by atoms with Crippen LogP contribution in [0.5, 0.6) is 5.75 Å². The van der Waals surface area contributed by atoms with Crippen molar-refractivity contribution in [3.05, 3.63) is 39.4 Å². The van der Waals surface area contributed by atoms with Gasteiger partial charge in [-0.3, -0.25) is 14.9 Å². The summed E-state index contributed by atoms with van der Waals surface area (Å²) in [6, 6.07) is 2.84. The molecule has 3 rings (SSSR count). The van der Waals surface area contributed by atoms with E-state index < -0.39 is 4.92 Å². The fraction of sp³-hybridized carbons (Fsp3) is 0.438. The number of nitrogens with zero attached hydrogens (tertiary/aromatic N) is 1. The average Bonchev–Trinajstić information content (AvgIpc) is 2.50. The Morgan fingerprint density at radius 2 is 2.26 bits per heavy atom. The van der Waals surface area contributed by atoms with Gasteiger partial charge in [0.15, 0.2) is 6.79 Å². The number of nitrogens with one attached hydrogen (secondary N) is 1. The van der Waals surface area contributed by atoms with Crippen molar-refractivity contribution in [3.63, 3.8) is 0 Å². The molecule has 0 unspecified atom stereocenters. The minimum absolute atomic E-state index is 0.0487. The molecule has 1 aliphatic carbocycles. The molecule has 1 N–H and O–H groups in total. The number of benzene rings is 1. The molecule has 0 saturated heterocycles. The van der Waals surface area contributed by atoms with Gasteiger partial charge >= 0.3 is 0 Å². The molecule has 0 aromatic heterocycles. The van der Waals surface area contributed by atoms with Gasteiger partial charge in [-0.05, 0) is 24.8 Å². The second-order valence-electron chi connectivity index (χ2n) is 5.77. The zero-order valence-electron chi connectivity index (χ0n) is 12.6. The van der Waals surface area contributed by atoms with Gasteiger partial charge in [0.1, 0.15) is 5.75 Å². The topological polar surface area (TPSA) is 90.7 Å². The zero-order valence-corrected chi connectivity index (χ0v) is 12.6. The van der Waals surface area contributed by atoms with Crippen molar-refractivity contribution < 1.29 is 19.2 Å². The molecule has 7 heteroatoms. The lowest BCUT2D eigenvalue weighted by molar-refractivity contribution is -0.385. The van der Waals surface area contributed by atoms with Crippen molar-refractivity contribution in [1.82, 2.24) is 5.32 Å². The number of carbonyl (C=O) groups excluding carboxylic acids is 1. The summed E-state index contributed by atoms with van der Waals surface area (Å²) in [7, 11) is 0. The summed E-state index contributed by atoms with van der Waals surface area (Å²) in [5, 5.41) is 13.9. The fourth-order valence-electron chi connectivity index (χ4n) is 2.63. The summed E-state index contributed by atoms with van der Waals surface area (Å²) in [6.07, 6.45) is 6.49. The molecule has 0 spiro atoms. The molecular formula is C16H18N2O5. The first kappa shape index (κ1) is 15.5. The van der Waals surface area contributed by atoms with Crippen LogP contribution >= 0.6 is 0 Å². The molecule has 1 saturated carbocycles. The first-order valence-electron chi connectivity index (χ1n) is 7.61. The lowest BCUT2D eigenvalue weighted by atomic mass is 9.85. The molecule has 23 heavy (non-hydrogen) atoms. The van der Waals surface area contributed by atoms with E-state index in [9.17, 15) is 14.9 Å². The summed E-state index contributed by atoms with van der Waals surface area (Å²) < 4.78 is 10.6. The number of hydrogen-bond donors (Lipinski definition) is 1. The molecule has 0 bridgehead atoms. The SMILES string of the molecule is O=C(C=Cc1cc([N+](=O)[O-])cc2c1OCOC2)NCC1CCC1. The smallest absolute Gasteiger partial charge is 0.270 e. The van der Waals surface area contributed by atoms with Gasteiger partial charge in [-0.25, -0.2) is 0 Å². The zero-order chi connectivity index (χ0) is 16.2. The molecule has 1 fully saturated rings. The fourth-order valence-corrected chi connectivity index (χ4v) is 2.63. The summed E-state index contributed by atoms with van der Waals surface area (Å²) in [4.78, 5) is 22.4. The van der Waals surface area contributed by atoms with Gasteiger partial charge < -0.3 is 14.8 Å². The van der Waals surface area contributed by atoms with Gasteiger partial charge in [0, 0.05) is 35.9 Å². The molecule has 2 aliphatic rings. The maximum Gasteiger partial charge on any atom is 0.270 e. The van der Waals surface area contributed by atoms with E-state index in [1.54, 1.807) is 6.08 Å². The average molecular weight is 318 g/mol. The number of amides is 1. The van der Waals surface area contributed by atoms with Crippen LogP contribution in [0, 0.1) is 16.0 Å². The van der Waals surface area contributed by atoms with E-state index in [1.165, 1.54) is 24.6 Å². The number of nitro groups is 1. The molecule has 0 atom stereocenters. The molecule has 122 valence electrons. The Morgan fingerprint density at radius 3 is 2.96 bits per heavy atom. The maximum absolute atomic E-state index is 11.9. The lowest BCUT2D eigenvalue weighted by Gasteiger charge is -2.25. The van der Waals surface area contributed by atoms with Crippen LogP contribution in [-0.4, -0.2) is 24.2 Å².